The van der Waals surface area contributed by atoms with E-state index in [0.29, 0.717) is 12.8 Å². The minimum atomic E-state index is -1.24. The number of esters is 1. The number of amides is 4. The molecule has 0 N–H and O–H groups in total. The minimum absolute atomic E-state index is 0.00105. The molecule has 44 heavy (non-hydrogen) atoms. The first-order valence-electron chi connectivity index (χ1n) is 15.8. The highest BCUT2D eigenvalue weighted by molar-refractivity contribution is 6.09. The number of carbonyl (C=O) groups excluding carboxylic acids is 6. The monoisotopic (exact) mass is 605 g/mol. The summed E-state index contributed by atoms with van der Waals surface area (Å²) in [5.74, 6) is -2.93. The van der Waals surface area contributed by atoms with Crippen molar-refractivity contribution in [2.75, 3.05) is 13.2 Å². The van der Waals surface area contributed by atoms with Crippen LogP contribution in [0.25, 0.3) is 0 Å². The largest absolute Gasteiger partial charge is 0.456 e. The molecule has 0 aromatic heterocycles. The van der Waals surface area contributed by atoms with Crippen molar-refractivity contribution in [1.29, 1.82) is 0 Å². The van der Waals surface area contributed by atoms with Crippen LogP contribution in [0.2, 0.25) is 0 Å². The van der Waals surface area contributed by atoms with Crippen LogP contribution in [0.4, 0.5) is 5.69 Å². The van der Waals surface area contributed by atoms with Crippen LogP contribution in [0.15, 0.2) is 24.3 Å². The lowest BCUT2D eigenvalue weighted by atomic mass is 9.81. The van der Waals surface area contributed by atoms with Crippen molar-refractivity contribution in [2.24, 2.45) is 47.3 Å². The minimum Gasteiger partial charge on any atom is -0.456 e. The number of ketones is 1. The molecule has 12 nitrogen and oxygen atoms in total. The molecule has 1 aromatic carbocycles. The molecule has 12 heteroatoms. The molecule has 2 saturated heterocycles. The van der Waals surface area contributed by atoms with Gasteiger partial charge in [0.05, 0.1) is 28.6 Å². The van der Waals surface area contributed by atoms with Crippen molar-refractivity contribution in [1.82, 2.24) is 9.80 Å². The molecule has 7 rings (SSSR count). The van der Waals surface area contributed by atoms with E-state index in [4.69, 9.17) is 4.74 Å². The van der Waals surface area contributed by atoms with Crippen molar-refractivity contribution < 1.29 is 38.4 Å². The number of benzene rings is 1. The van der Waals surface area contributed by atoms with Gasteiger partial charge in [0, 0.05) is 24.2 Å². The Kier molecular flexibility index (Phi) is 7.12. The van der Waals surface area contributed by atoms with Gasteiger partial charge in [-0.15, -0.1) is 0 Å². The van der Waals surface area contributed by atoms with Crippen molar-refractivity contribution in [3.63, 3.8) is 0 Å². The van der Waals surface area contributed by atoms with Gasteiger partial charge in [-0.25, -0.2) is 4.79 Å². The van der Waals surface area contributed by atoms with Gasteiger partial charge in [-0.1, -0.05) is 12.1 Å². The summed E-state index contributed by atoms with van der Waals surface area (Å²) in [6.07, 6.45) is 6.37. The fourth-order valence-corrected chi connectivity index (χ4v) is 9.50. The number of Topliss-reactive ketones (excluding diaryl/α,β-unsaturated/α-hetero) is 1. The second-order valence-corrected chi connectivity index (χ2v) is 13.5. The van der Waals surface area contributed by atoms with E-state index in [9.17, 15) is 38.9 Å². The fourth-order valence-electron chi connectivity index (χ4n) is 9.50. The number of ether oxygens (including phenoxy) is 1. The Balaban J connectivity index is 1.02. The van der Waals surface area contributed by atoms with Crippen LogP contribution >= 0.6 is 0 Å². The van der Waals surface area contributed by atoms with Crippen molar-refractivity contribution in [2.45, 2.75) is 63.8 Å². The third kappa shape index (κ3) is 4.47. The zero-order chi connectivity index (χ0) is 30.9. The Morgan fingerprint density at radius 3 is 1.93 bits per heavy atom. The molecule has 2 heterocycles. The standard InChI is InChI=1S/C32H35N3O9/c36-23(16-4-3-5-21(14-16)35(42)43)15-44-32(41)22(34-30(39)26-19-9-10-20(13-19)27(26)31(34)40)6-1-2-11-33-28(37)24-17-7-8-18(12-17)25(24)29(33)38/h3-5,14,17-20,22,24-27H,1-2,6-13,15H2/t17-,18+,19-,20+,22-,24-,25+,26-,27+/m0/s1. The normalized spacial score (nSPS) is 33.7. The molecule has 4 saturated carbocycles. The quantitative estimate of drug-likeness (QED) is 0.0922. The maximum atomic E-state index is 13.6. The van der Waals surface area contributed by atoms with Crippen LogP contribution in [0.5, 0.6) is 0 Å². The summed E-state index contributed by atoms with van der Waals surface area (Å²) in [5.41, 5.74) is -0.276. The molecule has 232 valence electrons. The summed E-state index contributed by atoms with van der Waals surface area (Å²) in [6.45, 7) is -0.485. The van der Waals surface area contributed by atoms with E-state index >= 15 is 0 Å². The van der Waals surface area contributed by atoms with Crippen LogP contribution in [0, 0.1) is 57.5 Å². The van der Waals surface area contributed by atoms with Crippen LogP contribution in [-0.2, 0) is 28.7 Å². The van der Waals surface area contributed by atoms with Gasteiger partial charge in [-0.05, 0) is 81.5 Å². The van der Waals surface area contributed by atoms with Gasteiger partial charge in [-0.2, -0.15) is 0 Å². The highest BCUT2D eigenvalue weighted by atomic mass is 16.6. The number of hydrogen-bond acceptors (Lipinski definition) is 9. The maximum Gasteiger partial charge on any atom is 0.329 e. The summed E-state index contributed by atoms with van der Waals surface area (Å²) >= 11 is 0. The van der Waals surface area contributed by atoms with Gasteiger partial charge in [0.25, 0.3) is 5.69 Å². The van der Waals surface area contributed by atoms with Gasteiger partial charge >= 0.3 is 5.97 Å². The van der Waals surface area contributed by atoms with Crippen molar-refractivity contribution in [3.05, 3.63) is 39.9 Å². The number of nitrogens with zero attached hydrogens (tertiary/aromatic N) is 3. The predicted octanol–water partition coefficient (Wildman–Crippen LogP) is 2.92. The summed E-state index contributed by atoms with van der Waals surface area (Å²) in [6, 6.07) is 3.84. The average Bonchev–Trinajstić information content (AvgIpc) is 3.87. The molecule has 4 amide bonds. The number of rotatable bonds is 11. The molecule has 2 aliphatic heterocycles. The molecule has 0 radical (unpaired) electrons. The van der Waals surface area contributed by atoms with Crippen molar-refractivity contribution >= 4 is 41.1 Å². The highest BCUT2D eigenvalue weighted by Crippen LogP contribution is 2.57. The Morgan fingerprint density at radius 1 is 0.841 bits per heavy atom. The molecule has 6 fully saturated rings. The molecule has 0 spiro atoms. The number of hydrogen-bond donors (Lipinski definition) is 0. The smallest absolute Gasteiger partial charge is 0.329 e. The number of carbonyl (C=O) groups is 6. The second kappa shape index (κ2) is 10.9. The number of fused-ring (bicyclic) bond motifs is 10. The Hall–Kier alpha value is -3.96. The van der Waals surface area contributed by atoms with E-state index in [0.717, 1.165) is 49.5 Å². The fraction of sp³-hybridized carbons (Fsp3) is 0.625. The summed E-state index contributed by atoms with van der Waals surface area (Å²) in [5, 5.41) is 11.1. The molecule has 4 aliphatic carbocycles. The summed E-state index contributed by atoms with van der Waals surface area (Å²) in [4.78, 5) is 92.4. The molecular weight excluding hydrogens is 570 g/mol. The van der Waals surface area contributed by atoms with Crippen molar-refractivity contribution in [3.8, 4) is 0 Å². The zero-order valence-corrected chi connectivity index (χ0v) is 24.3. The first kappa shape index (κ1) is 28.8. The Bertz CT molecular complexity index is 1420. The van der Waals surface area contributed by atoms with Gasteiger partial charge in [0.2, 0.25) is 29.4 Å². The Labute approximate surface area is 253 Å². The average molecular weight is 606 g/mol. The third-order valence-corrected chi connectivity index (χ3v) is 11.4. The number of imide groups is 2. The van der Waals surface area contributed by atoms with Crippen LogP contribution < -0.4 is 0 Å². The van der Waals surface area contributed by atoms with E-state index in [1.807, 2.05) is 0 Å². The summed E-state index contributed by atoms with van der Waals surface area (Å²) in [7, 11) is 0. The summed E-state index contributed by atoms with van der Waals surface area (Å²) < 4.78 is 5.34. The van der Waals surface area contributed by atoms with Crippen LogP contribution in [0.3, 0.4) is 0 Å². The van der Waals surface area contributed by atoms with E-state index < -0.39 is 41.2 Å². The topological polar surface area (TPSA) is 161 Å². The molecule has 6 aliphatic rings. The zero-order valence-electron chi connectivity index (χ0n) is 24.3. The lowest BCUT2D eigenvalue weighted by Gasteiger charge is -2.26. The molecule has 0 unspecified atom stereocenters. The molecule has 1 aromatic rings. The van der Waals surface area contributed by atoms with Gasteiger partial charge in [0.15, 0.2) is 6.61 Å². The molecular formula is C32H35N3O9. The second-order valence-electron chi connectivity index (χ2n) is 13.5. The number of non-ortho nitro benzene ring substituents is 1. The maximum absolute atomic E-state index is 13.6. The van der Waals surface area contributed by atoms with E-state index in [2.05, 4.69) is 0 Å². The van der Waals surface area contributed by atoms with Gasteiger partial charge in [-0.3, -0.25) is 43.9 Å². The first-order valence-corrected chi connectivity index (χ1v) is 15.8. The van der Waals surface area contributed by atoms with E-state index in [1.165, 1.54) is 23.1 Å². The number of nitro benzene ring substituents is 1. The van der Waals surface area contributed by atoms with Gasteiger partial charge in [0.1, 0.15) is 6.04 Å². The molecule has 9 atom stereocenters. The van der Waals surface area contributed by atoms with E-state index in [1.54, 1.807) is 0 Å². The highest BCUT2D eigenvalue weighted by Gasteiger charge is 2.63. The van der Waals surface area contributed by atoms with Crippen LogP contribution in [0.1, 0.15) is 68.1 Å². The molecule has 4 bridgehead atoms. The van der Waals surface area contributed by atoms with Gasteiger partial charge < -0.3 is 4.74 Å². The van der Waals surface area contributed by atoms with Crippen LogP contribution in [-0.4, -0.2) is 69.3 Å². The lowest BCUT2D eigenvalue weighted by molar-refractivity contribution is -0.384. The van der Waals surface area contributed by atoms with E-state index in [-0.39, 0.29) is 83.4 Å². The number of likely N-dealkylation sites (tertiary alicyclic amines) is 2. The SMILES string of the molecule is O=C(COC(=O)[C@H](CCCCN1C(=O)[C@@H]2[C@@H]3CC[C@@H](C3)[C@@H]2C1=O)N1C(=O)[C@@H]2[C@@H]3CC[C@@H](C3)[C@@H]2C1=O)c1cccc([N+](=O)[O-])c1. The number of nitro groups is 1. The number of unbranched alkanes of at least 4 members (excludes halogenated alkanes) is 1. The lowest BCUT2D eigenvalue weighted by Crippen LogP contribution is -2.47. The third-order valence-electron chi connectivity index (χ3n) is 11.4. The Morgan fingerprint density at radius 2 is 1.39 bits per heavy atom. The first-order chi connectivity index (χ1) is 21.2. The predicted molar refractivity (Wildman–Crippen MR) is 150 cm³/mol.